The van der Waals surface area contributed by atoms with Gasteiger partial charge in [0.1, 0.15) is 0 Å². The standard InChI is InChI=1S/C25H35NO5S2/c1-18(2)22-16-23(19(3)4)25(17-24(22)32(27,28)21-8-6-5-7-9-21)33(29,30)26-13-10-20-11-14-31-15-12-20/h5-9,16-20,26H,10-15H2,1-4H3. The first-order valence-corrected chi connectivity index (χ1v) is 14.6. The van der Waals surface area contributed by atoms with Gasteiger partial charge in [0.25, 0.3) is 0 Å². The molecule has 0 unspecified atom stereocenters. The number of hydrogen-bond acceptors (Lipinski definition) is 5. The van der Waals surface area contributed by atoms with Gasteiger partial charge in [0.2, 0.25) is 19.9 Å². The molecule has 0 atom stereocenters. The highest BCUT2D eigenvalue weighted by atomic mass is 32.2. The molecule has 0 radical (unpaired) electrons. The van der Waals surface area contributed by atoms with Gasteiger partial charge in [0.05, 0.1) is 14.7 Å². The molecule has 1 aliphatic heterocycles. The molecule has 1 fully saturated rings. The Morgan fingerprint density at radius 1 is 0.879 bits per heavy atom. The van der Waals surface area contributed by atoms with E-state index < -0.39 is 19.9 Å². The zero-order chi connectivity index (χ0) is 24.2. The summed E-state index contributed by atoms with van der Waals surface area (Å²) in [5.74, 6) is 0.260. The van der Waals surface area contributed by atoms with E-state index in [1.165, 1.54) is 18.2 Å². The summed E-state index contributed by atoms with van der Waals surface area (Å²) >= 11 is 0. The summed E-state index contributed by atoms with van der Waals surface area (Å²) in [4.78, 5) is 0.251. The van der Waals surface area contributed by atoms with E-state index in [4.69, 9.17) is 4.74 Å². The van der Waals surface area contributed by atoms with Crippen molar-refractivity contribution >= 4 is 19.9 Å². The average molecular weight is 494 g/mol. The van der Waals surface area contributed by atoms with Gasteiger partial charge >= 0.3 is 0 Å². The Kier molecular flexibility index (Phi) is 8.37. The average Bonchev–Trinajstić information content (AvgIpc) is 2.79. The third kappa shape index (κ3) is 6.04. The van der Waals surface area contributed by atoms with E-state index in [-0.39, 0.29) is 26.5 Å². The van der Waals surface area contributed by atoms with E-state index in [1.54, 1.807) is 24.3 Å². The zero-order valence-electron chi connectivity index (χ0n) is 19.9. The van der Waals surface area contributed by atoms with E-state index in [0.29, 0.717) is 36.8 Å². The molecule has 182 valence electrons. The Morgan fingerprint density at radius 2 is 1.45 bits per heavy atom. The Bertz CT molecular complexity index is 1150. The fraction of sp³-hybridized carbons (Fsp3) is 0.520. The molecular formula is C25H35NO5S2. The normalized spacial score (nSPS) is 15.9. The van der Waals surface area contributed by atoms with Gasteiger partial charge in [-0.15, -0.1) is 0 Å². The molecule has 2 aromatic rings. The van der Waals surface area contributed by atoms with Crippen molar-refractivity contribution in [3.63, 3.8) is 0 Å². The van der Waals surface area contributed by atoms with Crippen LogP contribution in [0.15, 0.2) is 57.2 Å². The molecule has 1 heterocycles. The number of rotatable bonds is 9. The Labute approximate surface area is 198 Å². The molecular weight excluding hydrogens is 458 g/mol. The van der Waals surface area contributed by atoms with Gasteiger partial charge in [-0.3, -0.25) is 0 Å². The third-order valence-corrected chi connectivity index (χ3v) is 9.55. The molecule has 8 heteroatoms. The summed E-state index contributed by atoms with van der Waals surface area (Å²) in [7, 11) is -7.77. The van der Waals surface area contributed by atoms with Crippen LogP contribution >= 0.6 is 0 Å². The number of benzene rings is 2. The molecule has 0 spiro atoms. The molecule has 2 aromatic carbocycles. The van der Waals surface area contributed by atoms with Crippen LogP contribution in [-0.4, -0.2) is 36.6 Å². The molecule has 1 N–H and O–H groups in total. The van der Waals surface area contributed by atoms with Crippen molar-refractivity contribution in [1.82, 2.24) is 4.72 Å². The fourth-order valence-corrected chi connectivity index (χ4v) is 7.34. The minimum absolute atomic E-state index is 0.0448. The summed E-state index contributed by atoms with van der Waals surface area (Å²) in [6.07, 6.45) is 2.60. The molecule has 3 rings (SSSR count). The highest BCUT2D eigenvalue weighted by molar-refractivity contribution is 7.91. The number of nitrogens with one attached hydrogen (secondary N) is 1. The Balaban J connectivity index is 2.03. The van der Waals surface area contributed by atoms with Gasteiger partial charge < -0.3 is 4.74 Å². The van der Waals surface area contributed by atoms with Crippen LogP contribution in [0.3, 0.4) is 0 Å². The van der Waals surface area contributed by atoms with Gasteiger partial charge in [-0.05, 0) is 66.3 Å². The molecule has 33 heavy (non-hydrogen) atoms. The molecule has 0 amide bonds. The third-order valence-electron chi connectivity index (χ3n) is 6.20. The van der Waals surface area contributed by atoms with Crippen LogP contribution in [0, 0.1) is 5.92 Å². The van der Waals surface area contributed by atoms with Crippen LogP contribution in [0.5, 0.6) is 0 Å². The largest absolute Gasteiger partial charge is 0.381 e. The van der Waals surface area contributed by atoms with E-state index in [9.17, 15) is 16.8 Å². The fourth-order valence-electron chi connectivity index (χ4n) is 4.20. The van der Waals surface area contributed by atoms with Gasteiger partial charge in [0.15, 0.2) is 0 Å². The predicted octanol–water partition coefficient (Wildman–Crippen LogP) is 4.86. The minimum Gasteiger partial charge on any atom is -0.381 e. The second-order valence-corrected chi connectivity index (χ2v) is 12.9. The van der Waals surface area contributed by atoms with Crippen molar-refractivity contribution in [1.29, 1.82) is 0 Å². The van der Waals surface area contributed by atoms with Crippen LogP contribution in [0.4, 0.5) is 0 Å². The van der Waals surface area contributed by atoms with Crippen LogP contribution in [-0.2, 0) is 24.6 Å². The van der Waals surface area contributed by atoms with E-state index in [1.807, 2.05) is 27.7 Å². The molecule has 0 aromatic heterocycles. The molecule has 1 saturated heterocycles. The number of sulfonamides is 1. The van der Waals surface area contributed by atoms with Crippen molar-refractivity contribution < 1.29 is 21.6 Å². The van der Waals surface area contributed by atoms with E-state index in [2.05, 4.69) is 4.72 Å². The molecule has 0 bridgehead atoms. The van der Waals surface area contributed by atoms with Gasteiger partial charge in [-0.1, -0.05) is 52.0 Å². The molecule has 1 aliphatic rings. The van der Waals surface area contributed by atoms with E-state index in [0.717, 1.165) is 19.3 Å². The van der Waals surface area contributed by atoms with Crippen molar-refractivity contribution in [2.75, 3.05) is 19.8 Å². The first kappa shape index (κ1) is 25.9. The number of hydrogen-bond donors (Lipinski definition) is 1. The quantitative estimate of drug-likeness (QED) is 0.539. The lowest BCUT2D eigenvalue weighted by molar-refractivity contribution is 0.0644. The lowest BCUT2D eigenvalue weighted by atomic mass is 9.95. The summed E-state index contributed by atoms with van der Waals surface area (Å²) in [5, 5.41) is 0. The Morgan fingerprint density at radius 3 is 2.03 bits per heavy atom. The molecule has 0 saturated carbocycles. The SMILES string of the molecule is CC(C)c1cc(C(C)C)c(S(=O)(=O)c2ccccc2)cc1S(=O)(=O)NCCC1CCOCC1. The maximum Gasteiger partial charge on any atom is 0.240 e. The van der Waals surface area contributed by atoms with Crippen LogP contribution in [0.25, 0.3) is 0 Å². The van der Waals surface area contributed by atoms with Crippen LogP contribution in [0.1, 0.15) is 69.9 Å². The van der Waals surface area contributed by atoms with Crippen LogP contribution in [0.2, 0.25) is 0 Å². The summed E-state index contributed by atoms with van der Waals surface area (Å²) in [6, 6.07) is 11.3. The predicted molar refractivity (Wildman–Crippen MR) is 130 cm³/mol. The smallest absolute Gasteiger partial charge is 0.240 e. The minimum atomic E-state index is -3.89. The second-order valence-electron chi connectivity index (χ2n) is 9.30. The van der Waals surface area contributed by atoms with Crippen LogP contribution < -0.4 is 4.72 Å². The van der Waals surface area contributed by atoms with Gasteiger partial charge in [-0.2, -0.15) is 0 Å². The van der Waals surface area contributed by atoms with Gasteiger partial charge in [-0.25, -0.2) is 21.6 Å². The highest BCUT2D eigenvalue weighted by Gasteiger charge is 2.29. The molecule has 0 aliphatic carbocycles. The van der Waals surface area contributed by atoms with Crippen molar-refractivity contribution in [2.45, 2.75) is 73.5 Å². The highest BCUT2D eigenvalue weighted by Crippen LogP contribution is 2.35. The van der Waals surface area contributed by atoms with E-state index >= 15 is 0 Å². The maximum absolute atomic E-state index is 13.5. The topological polar surface area (TPSA) is 89.5 Å². The lowest BCUT2D eigenvalue weighted by Gasteiger charge is -2.23. The zero-order valence-corrected chi connectivity index (χ0v) is 21.5. The maximum atomic E-state index is 13.5. The first-order valence-electron chi connectivity index (χ1n) is 11.6. The second kappa shape index (κ2) is 10.7. The van der Waals surface area contributed by atoms with Gasteiger partial charge in [0, 0.05) is 19.8 Å². The first-order chi connectivity index (χ1) is 15.5. The van der Waals surface area contributed by atoms with Crippen molar-refractivity contribution in [3.8, 4) is 0 Å². The summed E-state index contributed by atoms with van der Waals surface area (Å²) in [5.41, 5.74) is 1.26. The lowest BCUT2D eigenvalue weighted by Crippen LogP contribution is -2.29. The summed E-state index contributed by atoms with van der Waals surface area (Å²) < 4.78 is 61.9. The Hall–Kier alpha value is -1.74. The summed E-state index contributed by atoms with van der Waals surface area (Å²) in [6.45, 7) is 9.43. The number of ether oxygens (including phenoxy) is 1. The van der Waals surface area contributed by atoms with Crippen molar-refractivity contribution in [2.24, 2.45) is 5.92 Å². The van der Waals surface area contributed by atoms with Crippen molar-refractivity contribution in [3.05, 3.63) is 53.6 Å². The number of sulfone groups is 1. The monoisotopic (exact) mass is 493 g/mol. The molecule has 6 nitrogen and oxygen atoms in total.